The number of rotatable bonds is 6. The smallest absolute Gasteiger partial charge is 0.226 e. The number of hydrogen-bond donors (Lipinski definition) is 2. The number of carbonyl (C=O) groups is 1. The molecule has 0 aliphatic carbocycles. The lowest BCUT2D eigenvalue weighted by atomic mass is 10.4. The van der Waals surface area contributed by atoms with Crippen LogP contribution in [0.2, 0.25) is 0 Å². The Kier molecular flexibility index (Phi) is 6.70. The third kappa shape index (κ3) is 9.42. The van der Waals surface area contributed by atoms with Crippen LogP contribution < -0.4 is 11.1 Å². The molecule has 0 saturated heterocycles. The molecule has 1 amide bonds. The van der Waals surface area contributed by atoms with Gasteiger partial charge in [-0.3, -0.25) is 9.00 Å². The molecule has 0 fully saturated rings. The van der Waals surface area contributed by atoms with Gasteiger partial charge in [0.05, 0.1) is 11.4 Å². The van der Waals surface area contributed by atoms with E-state index in [9.17, 15) is 9.00 Å². The molecule has 1 atom stereocenters. The first-order valence-electron chi connectivity index (χ1n) is 3.87. The van der Waals surface area contributed by atoms with E-state index in [1.165, 1.54) is 0 Å². The van der Waals surface area contributed by atoms with Crippen LogP contribution in [0.1, 0.15) is 12.8 Å². The second-order valence-corrected chi connectivity index (χ2v) is 4.70. The molecule has 0 aromatic carbocycles. The van der Waals surface area contributed by atoms with E-state index < -0.39 is 10.8 Å². The second kappa shape index (κ2) is 6.97. The number of nitrogens with two attached hydrogens (primary N) is 1. The summed E-state index contributed by atoms with van der Waals surface area (Å²) in [6, 6.07) is 0. The minimum absolute atomic E-state index is 0.0878. The van der Waals surface area contributed by atoms with Crippen LogP contribution in [0.25, 0.3) is 0 Å². The van der Waals surface area contributed by atoms with Gasteiger partial charge in [0, 0.05) is 29.4 Å². The Morgan fingerprint density at radius 3 is 2.69 bits per heavy atom. The SMILES string of the molecule is CS(=O)CCCNC(=O)CC(N)=S. The molecule has 0 rings (SSSR count). The first-order valence-corrected chi connectivity index (χ1v) is 6.01. The quantitative estimate of drug-likeness (QED) is 0.471. The number of carbonyl (C=O) groups excluding carboxylic acids is 1. The van der Waals surface area contributed by atoms with Crippen molar-refractivity contribution in [1.82, 2.24) is 5.32 Å². The zero-order valence-corrected chi connectivity index (χ0v) is 9.17. The Bertz CT molecular complexity index is 219. The zero-order chi connectivity index (χ0) is 10.3. The molecule has 0 aliphatic heterocycles. The van der Waals surface area contributed by atoms with E-state index >= 15 is 0 Å². The largest absolute Gasteiger partial charge is 0.393 e. The summed E-state index contributed by atoms with van der Waals surface area (Å²) in [5.41, 5.74) is 5.17. The highest BCUT2D eigenvalue weighted by atomic mass is 32.2. The van der Waals surface area contributed by atoms with Gasteiger partial charge in [-0.2, -0.15) is 0 Å². The zero-order valence-electron chi connectivity index (χ0n) is 7.54. The van der Waals surface area contributed by atoms with Crippen LogP contribution in [-0.4, -0.2) is 33.7 Å². The Morgan fingerprint density at radius 2 is 2.23 bits per heavy atom. The monoisotopic (exact) mass is 222 g/mol. The molecule has 0 aromatic heterocycles. The maximum absolute atomic E-state index is 10.9. The molecular weight excluding hydrogens is 208 g/mol. The molecule has 0 aliphatic rings. The molecule has 13 heavy (non-hydrogen) atoms. The number of hydrogen-bond acceptors (Lipinski definition) is 3. The predicted octanol–water partition coefficient (Wildman–Crippen LogP) is -0.453. The van der Waals surface area contributed by atoms with E-state index in [2.05, 4.69) is 17.5 Å². The van der Waals surface area contributed by atoms with Crippen molar-refractivity contribution in [2.45, 2.75) is 12.8 Å². The third-order valence-corrected chi connectivity index (χ3v) is 2.27. The van der Waals surface area contributed by atoms with Gasteiger partial charge in [-0.1, -0.05) is 12.2 Å². The first-order chi connectivity index (χ1) is 6.02. The minimum Gasteiger partial charge on any atom is -0.393 e. The van der Waals surface area contributed by atoms with Crippen LogP contribution >= 0.6 is 12.2 Å². The molecule has 0 radical (unpaired) electrons. The van der Waals surface area contributed by atoms with Gasteiger partial charge in [0.2, 0.25) is 5.91 Å². The van der Waals surface area contributed by atoms with Crippen LogP contribution in [0.4, 0.5) is 0 Å². The Hall–Kier alpha value is -0.490. The summed E-state index contributed by atoms with van der Waals surface area (Å²) in [6.07, 6.45) is 2.44. The normalized spacial score (nSPS) is 12.1. The maximum atomic E-state index is 10.9. The summed E-state index contributed by atoms with van der Waals surface area (Å²) in [6.45, 7) is 0.529. The van der Waals surface area contributed by atoms with E-state index in [1.54, 1.807) is 6.26 Å². The molecule has 0 heterocycles. The van der Waals surface area contributed by atoms with Crippen molar-refractivity contribution in [2.75, 3.05) is 18.6 Å². The van der Waals surface area contributed by atoms with E-state index in [0.29, 0.717) is 18.7 Å². The van der Waals surface area contributed by atoms with Crippen molar-refractivity contribution >= 4 is 33.9 Å². The summed E-state index contributed by atoms with van der Waals surface area (Å²) in [5.74, 6) is 0.433. The van der Waals surface area contributed by atoms with Gasteiger partial charge in [-0.05, 0) is 6.42 Å². The van der Waals surface area contributed by atoms with E-state index in [1.807, 2.05) is 0 Å². The third-order valence-electron chi connectivity index (χ3n) is 1.27. The van der Waals surface area contributed by atoms with Crippen molar-refractivity contribution in [1.29, 1.82) is 0 Å². The summed E-state index contributed by atoms with van der Waals surface area (Å²) in [7, 11) is -0.793. The fraction of sp³-hybridized carbons (Fsp3) is 0.714. The molecule has 0 saturated carbocycles. The highest BCUT2D eigenvalue weighted by Gasteiger charge is 2.01. The average molecular weight is 222 g/mol. The number of amides is 1. The van der Waals surface area contributed by atoms with Crippen LogP contribution in [0.15, 0.2) is 0 Å². The van der Waals surface area contributed by atoms with Gasteiger partial charge in [0.15, 0.2) is 0 Å². The lowest BCUT2D eigenvalue weighted by molar-refractivity contribution is -0.119. The van der Waals surface area contributed by atoms with Crippen molar-refractivity contribution in [2.24, 2.45) is 5.73 Å². The molecule has 1 unspecified atom stereocenters. The van der Waals surface area contributed by atoms with Gasteiger partial charge in [0.1, 0.15) is 0 Å². The van der Waals surface area contributed by atoms with E-state index in [-0.39, 0.29) is 17.3 Å². The molecule has 0 spiro atoms. The highest BCUT2D eigenvalue weighted by molar-refractivity contribution is 7.84. The minimum atomic E-state index is -0.793. The van der Waals surface area contributed by atoms with Crippen LogP contribution in [0.3, 0.4) is 0 Å². The molecule has 3 N–H and O–H groups in total. The Morgan fingerprint density at radius 1 is 1.62 bits per heavy atom. The van der Waals surface area contributed by atoms with E-state index in [4.69, 9.17) is 5.73 Å². The van der Waals surface area contributed by atoms with Gasteiger partial charge in [-0.15, -0.1) is 0 Å². The fourth-order valence-electron chi connectivity index (χ4n) is 0.724. The fourth-order valence-corrected chi connectivity index (χ4v) is 1.41. The molecule has 76 valence electrons. The molecule has 6 heteroatoms. The molecule has 4 nitrogen and oxygen atoms in total. The van der Waals surface area contributed by atoms with Crippen molar-refractivity contribution in [3.05, 3.63) is 0 Å². The second-order valence-electron chi connectivity index (χ2n) is 2.62. The van der Waals surface area contributed by atoms with Gasteiger partial charge in [-0.25, -0.2) is 0 Å². The molecular formula is C7H14N2O2S2. The highest BCUT2D eigenvalue weighted by Crippen LogP contribution is 1.84. The Balaban J connectivity index is 3.37. The van der Waals surface area contributed by atoms with Crippen molar-refractivity contribution < 1.29 is 9.00 Å². The maximum Gasteiger partial charge on any atom is 0.226 e. The molecule has 0 aromatic rings. The van der Waals surface area contributed by atoms with Gasteiger partial charge in [0.25, 0.3) is 0 Å². The van der Waals surface area contributed by atoms with Gasteiger partial charge >= 0.3 is 0 Å². The van der Waals surface area contributed by atoms with Crippen molar-refractivity contribution in [3.8, 4) is 0 Å². The number of thiocarbonyl (C=S) groups is 1. The van der Waals surface area contributed by atoms with Crippen molar-refractivity contribution in [3.63, 3.8) is 0 Å². The topological polar surface area (TPSA) is 72.2 Å². The average Bonchev–Trinajstić information content (AvgIpc) is 1.96. The number of nitrogens with one attached hydrogen (secondary N) is 1. The van der Waals surface area contributed by atoms with E-state index in [0.717, 1.165) is 0 Å². The summed E-state index contributed by atoms with van der Waals surface area (Å²) < 4.78 is 10.6. The lowest BCUT2D eigenvalue weighted by Crippen LogP contribution is -2.29. The van der Waals surface area contributed by atoms with Crippen LogP contribution in [0, 0.1) is 0 Å². The predicted molar refractivity (Wildman–Crippen MR) is 58.0 cm³/mol. The summed E-state index contributed by atoms with van der Waals surface area (Å²) >= 11 is 4.56. The summed E-state index contributed by atoms with van der Waals surface area (Å²) in [5, 5.41) is 2.63. The first kappa shape index (κ1) is 12.5. The van der Waals surface area contributed by atoms with Gasteiger partial charge < -0.3 is 11.1 Å². The standard InChI is InChI=1S/C7H14N2O2S2/c1-13(11)4-2-3-9-7(10)5-6(8)12/h2-5H2,1H3,(H2,8,12)(H,9,10). The summed E-state index contributed by atoms with van der Waals surface area (Å²) in [4.78, 5) is 11.1. The molecule has 0 bridgehead atoms. The lowest BCUT2D eigenvalue weighted by Gasteiger charge is -2.02. The van der Waals surface area contributed by atoms with Crippen LogP contribution in [0.5, 0.6) is 0 Å². The van der Waals surface area contributed by atoms with Crippen LogP contribution in [-0.2, 0) is 15.6 Å². The Labute approximate surface area is 85.7 Å².